The van der Waals surface area contributed by atoms with E-state index in [4.69, 9.17) is 10.00 Å². The lowest BCUT2D eigenvalue weighted by molar-refractivity contribution is -0.125. The average molecular weight is 347 g/mol. The summed E-state index contributed by atoms with van der Waals surface area (Å²) in [6.45, 7) is 5.71. The summed E-state index contributed by atoms with van der Waals surface area (Å²) in [5.41, 5.74) is 0.800. The molecule has 1 aliphatic rings. The summed E-state index contributed by atoms with van der Waals surface area (Å²) in [5.74, 6) is 0.772. The SMILES string of the molecule is CC(C)(C)OC(=O)N1CSC[C@@H]1C(=O)NCc1cccc(C#N)c1. The van der Waals surface area contributed by atoms with Crippen LogP contribution in [-0.2, 0) is 16.1 Å². The molecule has 1 N–H and O–H groups in total. The number of nitrogens with zero attached hydrogens (tertiary/aromatic N) is 2. The minimum absolute atomic E-state index is 0.215. The third-order valence-corrected chi connectivity index (χ3v) is 4.35. The van der Waals surface area contributed by atoms with E-state index in [2.05, 4.69) is 11.4 Å². The minimum Gasteiger partial charge on any atom is -0.444 e. The second-order valence-electron chi connectivity index (χ2n) is 6.50. The zero-order valence-electron chi connectivity index (χ0n) is 14.0. The summed E-state index contributed by atoms with van der Waals surface area (Å²) >= 11 is 1.52. The van der Waals surface area contributed by atoms with E-state index in [0.29, 0.717) is 23.7 Å². The van der Waals surface area contributed by atoms with E-state index in [1.807, 2.05) is 6.07 Å². The molecule has 0 aromatic heterocycles. The number of carbonyl (C=O) groups excluding carboxylic acids is 2. The van der Waals surface area contributed by atoms with E-state index < -0.39 is 17.7 Å². The van der Waals surface area contributed by atoms with Crippen LogP contribution in [-0.4, -0.2) is 40.2 Å². The van der Waals surface area contributed by atoms with Crippen molar-refractivity contribution in [3.8, 4) is 6.07 Å². The van der Waals surface area contributed by atoms with Gasteiger partial charge in [0.1, 0.15) is 11.6 Å². The van der Waals surface area contributed by atoms with Crippen molar-refractivity contribution in [3.63, 3.8) is 0 Å². The summed E-state index contributed by atoms with van der Waals surface area (Å²) < 4.78 is 5.35. The van der Waals surface area contributed by atoms with Gasteiger partial charge in [-0.05, 0) is 38.5 Å². The van der Waals surface area contributed by atoms with Gasteiger partial charge in [0, 0.05) is 12.3 Å². The Labute approximate surface area is 146 Å². The molecule has 0 saturated carbocycles. The highest BCUT2D eigenvalue weighted by atomic mass is 32.2. The van der Waals surface area contributed by atoms with Crippen LogP contribution >= 0.6 is 11.8 Å². The monoisotopic (exact) mass is 347 g/mol. The largest absolute Gasteiger partial charge is 0.444 e. The Hall–Kier alpha value is -2.20. The zero-order chi connectivity index (χ0) is 17.7. The van der Waals surface area contributed by atoms with Crippen molar-refractivity contribution in [2.45, 2.75) is 39.0 Å². The number of hydrogen-bond acceptors (Lipinski definition) is 5. The molecular weight excluding hydrogens is 326 g/mol. The van der Waals surface area contributed by atoms with E-state index in [1.165, 1.54) is 16.7 Å². The Morgan fingerprint density at radius 3 is 2.88 bits per heavy atom. The van der Waals surface area contributed by atoms with Crippen molar-refractivity contribution in [1.29, 1.82) is 5.26 Å². The number of hydrogen-bond donors (Lipinski definition) is 1. The fraction of sp³-hybridized carbons (Fsp3) is 0.471. The van der Waals surface area contributed by atoms with Crippen LogP contribution in [0.1, 0.15) is 31.9 Å². The molecular formula is C17H21N3O3S. The Morgan fingerprint density at radius 1 is 1.46 bits per heavy atom. The molecule has 1 saturated heterocycles. The van der Waals surface area contributed by atoms with Crippen LogP contribution in [0.2, 0.25) is 0 Å². The molecule has 2 rings (SSSR count). The number of nitrogens with one attached hydrogen (secondary N) is 1. The van der Waals surface area contributed by atoms with E-state index in [9.17, 15) is 9.59 Å². The van der Waals surface area contributed by atoms with Gasteiger partial charge in [0.05, 0.1) is 17.5 Å². The van der Waals surface area contributed by atoms with Gasteiger partial charge in [-0.2, -0.15) is 5.26 Å². The van der Waals surface area contributed by atoms with Gasteiger partial charge in [-0.25, -0.2) is 4.79 Å². The predicted octanol–water partition coefficient (Wildman–Crippen LogP) is 2.48. The maximum absolute atomic E-state index is 12.4. The summed E-state index contributed by atoms with van der Waals surface area (Å²) in [4.78, 5) is 26.1. The fourth-order valence-electron chi connectivity index (χ4n) is 2.22. The van der Waals surface area contributed by atoms with Gasteiger partial charge in [-0.1, -0.05) is 12.1 Å². The van der Waals surface area contributed by atoms with Crippen molar-refractivity contribution in [1.82, 2.24) is 10.2 Å². The molecule has 0 radical (unpaired) electrons. The molecule has 24 heavy (non-hydrogen) atoms. The summed E-state index contributed by atoms with van der Waals surface area (Å²) in [5, 5.41) is 11.7. The molecule has 1 aliphatic heterocycles. The Balaban J connectivity index is 1.95. The van der Waals surface area contributed by atoms with Gasteiger partial charge >= 0.3 is 6.09 Å². The first kappa shape index (κ1) is 18.1. The van der Waals surface area contributed by atoms with E-state index in [0.717, 1.165) is 5.56 Å². The summed E-state index contributed by atoms with van der Waals surface area (Å²) in [6.07, 6.45) is -0.473. The first-order valence-electron chi connectivity index (χ1n) is 7.64. The third kappa shape index (κ3) is 4.90. The summed E-state index contributed by atoms with van der Waals surface area (Å²) in [6, 6.07) is 8.59. The van der Waals surface area contributed by atoms with Gasteiger partial charge in [0.25, 0.3) is 0 Å². The van der Waals surface area contributed by atoms with Crippen molar-refractivity contribution < 1.29 is 14.3 Å². The Kier molecular flexibility index (Phi) is 5.73. The van der Waals surface area contributed by atoms with Crippen molar-refractivity contribution in [3.05, 3.63) is 35.4 Å². The third-order valence-electron chi connectivity index (χ3n) is 3.34. The highest BCUT2D eigenvalue weighted by Crippen LogP contribution is 2.23. The van der Waals surface area contributed by atoms with Gasteiger partial charge in [0.2, 0.25) is 5.91 Å². The van der Waals surface area contributed by atoms with Gasteiger partial charge in [0.15, 0.2) is 0 Å². The molecule has 128 valence electrons. The van der Waals surface area contributed by atoms with E-state index in [-0.39, 0.29) is 5.91 Å². The number of ether oxygens (including phenoxy) is 1. The number of benzene rings is 1. The van der Waals surface area contributed by atoms with Crippen LogP contribution < -0.4 is 5.32 Å². The van der Waals surface area contributed by atoms with Crippen LogP contribution in [0.25, 0.3) is 0 Å². The predicted molar refractivity (Wildman–Crippen MR) is 92.2 cm³/mol. The molecule has 1 heterocycles. The van der Waals surface area contributed by atoms with Crippen LogP contribution in [0.15, 0.2) is 24.3 Å². The van der Waals surface area contributed by atoms with Gasteiger partial charge < -0.3 is 10.1 Å². The van der Waals surface area contributed by atoms with Crippen molar-refractivity contribution in [2.75, 3.05) is 11.6 Å². The molecule has 0 aliphatic carbocycles. The number of rotatable bonds is 3. The number of nitriles is 1. The number of amides is 2. The van der Waals surface area contributed by atoms with Crippen molar-refractivity contribution in [2.24, 2.45) is 0 Å². The van der Waals surface area contributed by atoms with E-state index >= 15 is 0 Å². The first-order valence-corrected chi connectivity index (χ1v) is 8.80. The lowest BCUT2D eigenvalue weighted by atomic mass is 10.1. The fourth-order valence-corrected chi connectivity index (χ4v) is 3.36. The normalized spacial score (nSPS) is 17.2. The van der Waals surface area contributed by atoms with Crippen LogP contribution in [0.3, 0.4) is 0 Å². The highest BCUT2D eigenvalue weighted by molar-refractivity contribution is 7.99. The van der Waals surface area contributed by atoms with Crippen LogP contribution in [0.4, 0.5) is 4.79 Å². The summed E-state index contributed by atoms with van der Waals surface area (Å²) in [7, 11) is 0. The molecule has 0 unspecified atom stereocenters. The average Bonchev–Trinajstić information content (AvgIpc) is 3.01. The molecule has 0 spiro atoms. The first-order chi connectivity index (χ1) is 11.3. The molecule has 1 atom stereocenters. The minimum atomic E-state index is -0.594. The second-order valence-corrected chi connectivity index (χ2v) is 7.50. The zero-order valence-corrected chi connectivity index (χ0v) is 14.9. The van der Waals surface area contributed by atoms with E-state index in [1.54, 1.807) is 39.0 Å². The quantitative estimate of drug-likeness (QED) is 0.908. The Bertz CT molecular complexity index is 664. The lowest BCUT2D eigenvalue weighted by Crippen LogP contribution is -2.48. The number of thioether (sulfide) groups is 1. The molecule has 6 nitrogen and oxygen atoms in total. The standard InChI is InChI=1S/C17H21N3O3S/c1-17(2,3)23-16(22)20-11-24-10-14(20)15(21)19-9-13-6-4-5-12(7-13)8-18/h4-7,14H,9-11H2,1-3H3,(H,19,21)/t14-/m1/s1. The Morgan fingerprint density at radius 2 is 2.21 bits per heavy atom. The van der Waals surface area contributed by atoms with Crippen LogP contribution in [0.5, 0.6) is 0 Å². The van der Waals surface area contributed by atoms with Gasteiger partial charge in [-0.15, -0.1) is 11.8 Å². The van der Waals surface area contributed by atoms with Crippen LogP contribution in [0, 0.1) is 11.3 Å². The maximum atomic E-state index is 12.4. The molecule has 1 fully saturated rings. The molecule has 1 aromatic rings. The van der Waals surface area contributed by atoms with Crippen molar-refractivity contribution >= 4 is 23.8 Å². The lowest BCUT2D eigenvalue weighted by Gasteiger charge is -2.27. The number of carbonyl (C=O) groups is 2. The molecule has 1 aromatic carbocycles. The smallest absolute Gasteiger partial charge is 0.411 e. The molecule has 2 amide bonds. The topological polar surface area (TPSA) is 82.4 Å². The highest BCUT2D eigenvalue weighted by Gasteiger charge is 2.36. The van der Waals surface area contributed by atoms with Gasteiger partial charge in [-0.3, -0.25) is 9.69 Å². The molecule has 0 bridgehead atoms. The molecule has 7 heteroatoms. The maximum Gasteiger partial charge on any atom is 0.411 e. The second kappa shape index (κ2) is 7.58.